The second-order valence-corrected chi connectivity index (χ2v) is 7.27. The molecule has 1 atom stereocenters. The molecule has 6 nitrogen and oxygen atoms in total. The van der Waals surface area contributed by atoms with E-state index >= 15 is 0 Å². The van der Waals surface area contributed by atoms with Crippen LogP contribution >= 0.6 is 0 Å². The van der Waals surface area contributed by atoms with E-state index in [1.807, 2.05) is 50.2 Å². The first kappa shape index (κ1) is 16.6. The van der Waals surface area contributed by atoms with Gasteiger partial charge < -0.3 is 24.6 Å². The molecular formula is C20H21NO5. The van der Waals surface area contributed by atoms with Crippen molar-refractivity contribution < 1.29 is 24.1 Å². The molecule has 0 bridgehead atoms. The molecule has 2 aliphatic heterocycles. The Morgan fingerprint density at radius 3 is 2.38 bits per heavy atom. The van der Waals surface area contributed by atoms with Crippen LogP contribution < -0.4 is 19.5 Å². The highest BCUT2D eigenvalue weighted by molar-refractivity contribution is 5.71. The molecule has 0 saturated carbocycles. The van der Waals surface area contributed by atoms with Crippen molar-refractivity contribution in [3.8, 4) is 28.4 Å². The minimum atomic E-state index is -1.04. The Morgan fingerprint density at radius 1 is 1.00 bits per heavy atom. The monoisotopic (exact) mass is 355 g/mol. The van der Waals surface area contributed by atoms with Crippen molar-refractivity contribution in [3.63, 3.8) is 0 Å². The Labute approximate surface area is 151 Å². The number of rotatable bonds is 2. The summed E-state index contributed by atoms with van der Waals surface area (Å²) in [6.07, 6.45) is -1.04. The predicted molar refractivity (Wildman–Crippen MR) is 96.0 cm³/mol. The van der Waals surface area contributed by atoms with Crippen LogP contribution in [0.5, 0.6) is 17.2 Å². The molecule has 4 rings (SSSR count). The number of hydrogen-bond donors (Lipinski definition) is 2. The summed E-state index contributed by atoms with van der Waals surface area (Å²) < 4.78 is 17.2. The number of fused-ring (bicyclic) bond motifs is 2. The van der Waals surface area contributed by atoms with Gasteiger partial charge >= 0.3 is 6.09 Å². The van der Waals surface area contributed by atoms with Gasteiger partial charge in [-0.15, -0.1) is 0 Å². The number of benzene rings is 2. The summed E-state index contributed by atoms with van der Waals surface area (Å²) in [7, 11) is 0. The van der Waals surface area contributed by atoms with E-state index in [4.69, 9.17) is 14.2 Å². The maximum absolute atomic E-state index is 11.2. The van der Waals surface area contributed by atoms with E-state index in [1.54, 1.807) is 0 Å². The normalized spacial score (nSPS) is 19.8. The van der Waals surface area contributed by atoms with Gasteiger partial charge in [0.1, 0.15) is 19.0 Å². The maximum atomic E-state index is 11.2. The summed E-state index contributed by atoms with van der Waals surface area (Å²) in [6.45, 7) is 5.53. The van der Waals surface area contributed by atoms with E-state index in [-0.39, 0.29) is 11.5 Å². The number of ether oxygens (including phenoxy) is 3. The smallest absolute Gasteiger partial charge is 0.405 e. The zero-order chi connectivity index (χ0) is 18.3. The summed E-state index contributed by atoms with van der Waals surface area (Å²) >= 11 is 0. The quantitative estimate of drug-likeness (QED) is 0.856. The molecule has 0 aliphatic carbocycles. The van der Waals surface area contributed by atoms with Crippen molar-refractivity contribution in [2.24, 2.45) is 5.41 Å². The lowest BCUT2D eigenvalue weighted by Crippen LogP contribution is -2.43. The number of carbonyl (C=O) groups is 1. The Kier molecular flexibility index (Phi) is 3.90. The van der Waals surface area contributed by atoms with Crippen molar-refractivity contribution in [1.29, 1.82) is 0 Å². The minimum absolute atomic E-state index is 0.321. The van der Waals surface area contributed by atoms with E-state index < -0.39 is 6.09 Å². The van der Waals surface area contributed by atoms with Crippen LogP contribution in [0.3, 0.4) is 0 Å². The van der Waals surface area contributed by atoms with E-state index in [0.717, 1.165) is 28.2 Å². The average Bonchev–Trinajstić information content (AvgIpc) is 2.63. The van der Waals surface area contributed by atoms with Crippen molar-refractivity contribution in [1.82, 2.24) is 5.32 Å². The lowest BCUT2D eigenvalue weighted by Gasteiger charge is -2.39. The number of hydrogen-bond acceptors (Lipinski definition) is 4. The summed E-state index contributed by atoms with van der Waals surface area (Å²) in [6, 6.07) is 11.4. The third-order valence-electron chi connectivity index (χ3n) is 4.85. The third kappa shape index (κ3) is 2.92. The van der Waals surface area contributed by atoms with Crippen molar-refractivity contribution >= 4 is 6.09 Å². The number of carboxylic acid groups (broad SMARTS) is 1. The molecule has 26 heavy (non-hydrogen) atoms. The van der Waals surface area contributed by atoms with Gasteiger partial charge in [-0.05, 0) is 29.3 Å². The molecule has 2 N–H and O–H groups in total. The molecule has 1 unspecified atom stereocenters. The van der Waals surface area contributed by atoms with Gasteiger partial charge in [-0.2, -0.15) is 0 Å². The topological polar surface area (TPSA) is 77.0 Å². The van der Waals surface area contributed by atoms with Crippen LogP contribution in [0.4, 0.5) is 4.79 Å². The summed E-state index contributed by atoms with van der Waals surface area (Å²) in [5, 5.41) is 11.8. The maximum Gasteiger partial charge on any atom is 0.405 e. The van der Waals surface area contributed by atoms with Gasteiger partial charge in [-0.25, -0.2) is 4.79 Å². The molecular weight excluding hydrogens is 334 g/mol. The standard InChI is InChI=1S/C20H21NO5/c1-20(2)11-26-16-9-12(3-5-14(16)18(20)21-19(22)23)13-4-6-15-17(10-13)25-8-7-24-15/h3-6,9-10,18,21H,7-8,11H2,1-2H3,(H,22,23). The van der Waals surface area contributed by atoms with Gasteiger partial charge in [0.25, 0.3) is 0 Å². The van der Waals surface area contributed by atoms with E-state index in [9.17, 15) is 9.90 Å². The molecule has 2 aliphatic rings. The Hall–Kier alpha value is -2.89. The SMILES string of the molecule is CC1(C)COc2cc(-c3ccc4c(c3)OCCO4)ccc2C1NC(=O)O. The highest BCUT2D eigenvalue weighted by Crippen LogP contribution is 2.44. The first-order chi connectivity index (χ1) is 12.4. The number of nitrogens with one attached hydrogen (secondary N) is 1. The van der Waals surface area contributed by atoms with Gasteiger partial charge in [0.05, 0.1) is 12.6 Å². The van der Waals surface area contributed by atoms with Crippen LogP contribution in [0.15, 0.2) is 36.4 Å². The van der Waals surface area contributed by atoms with Gasteiger partial charge in [0.15, 0.2) is 11.5 Å². The molecule has 0 radical (unpaired) electrons. The highest BCUT2D eigenvalue weighted by atomic mass is 16.6. The minimum Gasteiger partial charge on any atom is -0.493 e. The van der Waals surface area contributed by atoms with E-state index in [0.29, 0.717) is 25.6 Å². The molecule has 6 heteroatoms. The average molecular weight is 355 g/mol. The lowest BCUT2D eigenvalue weighted by molar-refractivity contribution is 0.0996. The van der Waals surface area contributed by atoms with Gasteiger partial charge in [-0.3, -0.25) is 0 Å². The zero-order valence-corrected chi connectivity index (χ0v) is 14.7. The van der Waals surface area contributed by atoms with Crippen LogP contribution in [-0.4, -0.2) is 31.0 Å². The largest absolute Gasteiger partial charge is 0.493 e. The fourth-order valence-corrected chi connectivity index (χ4v) is 3.46. The molecule has 2 aromatic rings. The Morgan fingerprint density at radius 2 is 1.65 bits per heavy atom. The predicted octanol–water partition coefficient (Wildman–Crippen LogP) is 3.85. The first-order valence-electron chi connectivity index (χ1n) is 8.60. The summed E-state index contributed by atoms with van der Waals surface area (Å²) in [5.74, 6) is 2.19. The molecule has 136 valence electrons. The second kappa shape index (κ2) is 6.12. The Balaban J connectivity index is 1.70. The van der Waals surface area contributed by atoms with Crippen LogP contribution in [0, 0.1) is 5.41 Å². The fourth-order valence-electron chi connectivity index (χ4n) is 3.46. The molecule has 2 aromatic carbocycles. The van der Waals surface area contributed by atoms with Crippen molar-refractivity contribution in [2.45, 2.75) is 19.9 Å². The van der Waals surface area contributed by atoms with Crippen molar-refractivity contribution in [3.05, 3.63) is 42.0 Å². The number of amides is 1. The van der Waals surface area contributed by atoms with E-state index in [1.165, 1.54) is 0 Å². The van der Waals surface area contributed by atoms with Gasteiger partial charge in [-0.1, -0.05) is 32.0 Å². The van der Waals surface area contributed by atoms with Gasteiger partial charge in [0.2, 0.25) is 0 Å². The van der Waals surface area contributed by atoms with Crippen molar-refractivity contribution in [2.75, 3.05) is 19.8 Å². The van der Waals surface area contributed by atoms with Crippen LogP contribution in [0.1, 0.15) is 25.5 Å². The van der Waals surface area contributed by atoms with Crippen LogP contribution in [-0.2, 0) is 0 Å². The lowest BCUT2D eigenvalue weighted by atomic mass is 9.78. The summed E-state index contributed by atoms with van der Waals surface area (Å²) in [4.78, 5) is 11.2. The first-order valence-corrected chi connectivity index (χ1v) is 8.60. The highest BCUT2D eigenvalue weighted by Gasteiger charge is 2.38. The summed E-state index contributed by atoms with van der Waals surface area (Å²) in [5.41, 5.74) is 2.50. The molecule has 1 amide bonds. The zero-order valence-electron chi connectivity index (χ0n) is 14.7. The van der Waals surface area contributed by atoms with E-state index in [2.05, 4.69) is 5.32 Å². The van der Waals surface area contributed by atoms with Gasteiger partial charge in [0, 0.05) is 11.0 Å². The molecule has 0 spiro atoms. The van der Waals surface area contributed by atoms with Crippen LogP contribution in [0.2, 0.25) is 0 Å². The molecule has 0 saturated heterocycles. The fraction of sp³-hybridized carbons (Fsp3) is 0.350. The molecule has 0 fully saturated rings. The third-order valence-corrected chi connectivity index (χ3v) is 4.85. The second-order valence-electron chi connectivity index (χ2n) is 7.27. The molecule has 0 aromatic heterocycles. The Bertz CT molecular complexity index is 861. The molecule has 2 heterocycles. The van der Waals surface area contributed by atoms with Crippen LogP contribution in [0.25, 0.3) is 11.1 Å².